The maximum atomic E-state index is 10.7. The van der Waals surface area contributed by atoms with E-state index in [1.165, 1.54) is 6.07 Å². The first kappa shape index (κ1) is 12.3. The lowest BCUT2D eigenvalue weighted by atomic mass is 10.00. The number of nitro groups is 1. The summed E-state index contributed by atoms with van der Waals surface area (Å²) >= 11 is 0. The molecule has 0 radical (unpaired) electrons. The van der Waals surface area contributed by atoms with E-state index in [-0.39, 0.29) is 5.69 Å². The van der Waals surface area contributed by atoms with Crippen LogP contribution in [0.4, 0.5) is 10.5 Å². The number of carboxylic acid groups (broad SMARTS) is 1. The van der Waals surface area contributed by atoms with Crippen LogP contribution in [0.25, 0.3) is 0 Å². The number of hydrogen-bond acceptors (Lipinski definition) is 3. The van der Waals surface area contributed by atoms with Gasteiger partial charge in [0.2, 0.25) is 0 Å². The molecule has 6 nitrogen and oxygen atoms in total. The molecule has 1 aliphatic carbocycles. The number of nitrogens with one attached hydrogen (secondary N) is 1. The first-order chi connectivity index (χ1) is 8.58. The van der Waals surface area contributed by atoms with Crippen LogP contribution in [0.2, 0.25) is 0 Å². The van der Waals surface area contributed by atoms with E-state index in [2.05, 4.69) is 5.32 Å². The topological polar surface area (TPSA) is 92.5 Å². The Bertz CT molecular complexity index is 483. The Kier molecular flexibility index (Phi) is 3.45. The van der Waals surface area contributed by atoms with Gasteiger partial charge < -0.3 is 10.4 Å². The van der Waals surface area contributed by atoms with Crippen LogP contribution in [0.5, 0.6) is 0 Å². The van der Waals surface area contributed by atoms with Crippen molar-refractivity contribution in [1.29, 1.82) is 0 Å². The molecule has 0 heterocycles. The first-order valence-corrected chi connectivity index (χ1v) is 5.82. The van der Waals surface area contributed by atoms with E-state index in [0.717, 1.165) is 24.0 Å². The fourth-order valence-corrected chi connectivity index (χ4v) is 2.00. The van der Waals surface area contributed by atoms with Crippen LogP contribution < -0.4 is 5.32 Å². The lowest BCUT2D eigenvalue weighted by Gasteiger charge is -2.08. The Morgan fingerprint density at radius 1 is 1.50 bits per heavy atom. The average molecular weight is 250 g/mol. The summed E-state index contributed by atoms with van der Waals surface area (Å²) in [5.41, 5.74) is 2.10. The quantitative estimate of drug-likeness (QED) is 0.619. The zero-order chi connectivity index (χ0) is 13.1. The molecular weight excluding hydrogens is 236 g/mol. The number of carbonyl (C=O) groups is 1. The first-order valence-electron chi connectivity index (χ1n) is 5.82. The molecular formula is C12H14N2O4. The van der Waals surface area contributed by atoms with Crippen molar-refractivity contribution in [2.75, 3.05) is 6.54 Å². The second-order valence-corrected chi connectivity index (χ2v) is 4.40. The monoisotopic (exact) mass is 250 g/mol. The third-order valence-electron chi connectivity index (χ3n) is 3.03. The molecule has 2 rings (SSSR count). The van der Waals surface area contributed by atoms with Crippen LogP contribution in [0.1, 0.15) is 29.9 Å². The number of hydrogen-bond donors (Lipinski definition) is 2. The molecule has 0 aliphatic heterocycles. The van der Waals surface area contributed by atoms with E-state index in [4.69, 9.17) is 5.11 Å². The number of nitro benzene ring substituents is 1. The maximum absolute atomic E-state index is 10.7. The van der Waals surface area contributed by atoms with E-state index < -0.39 is 11.0 Å². The molecule has 0 spiro atoms. The summed E-state index contributed by atoms with van der Waals surface area (Å²) in [5, 5.41) is 21.5. The van der Waals surface area contributed by atoms with E-state index in [9.17, 15) is 14.9 Å². The van der Waals surface area contributed by atoms with Gasteiger partial charge in [-0.05, 0) is 36.3 Å². The van der Waals surface area contributed by atoms with Gasteiger partial charge in [0, 0.05) is 18.7 Å². The molecule has 18 heavy (non-hydrogen) atoms. The number of non-ortho nitro benzene ring substituents is 1. The van der Waals surface area contributed by atoms with Crippen molar-refractivity contribution in [3.05, 3.63) is 39.4 Å². The van der Waals surface area contributed by atoms with E-state index in [1.807, 2.05) is 0 Å². The molecule has 1 amide bonds. The van der Waals surface area contributed by atoms with Gasteiger partial charge in [0.05, 0.1) is 4.92 Å². The Morgan fingerprint density at radius 2 is 2.22 bits per heavy atom. The van der Waals surface area contributed by atoms with Gasteiger partial charge >= 0.3 is 6.09 Å². The predicted molar refractivity (Wildman–Crippen MR) is 64.8 cm³/mol. The Morgan fingerprint density at radius 3 is 2.78 bits per heavy atom. The zero-order valence-corrected chi connectivity index (χ0v) is 9.76. The molecule has 2 N–H and O–H groups in total. The molecule has 0 saturated heterocycles. The van der Waals surface area contributed by atoms with Gasteiger partial charge in [0.1, 0.15) is 0 Å². The zero-order valence-electron chi connectivity index (χ0n) is 9.76. The molecule has 6 heteroatoms. The third-order valence-corrected chi connectivity index (χ3v) is 3.03. The molecule has 0 atom stereocenters. The van der Waals surface area contributed by atoms with E-state index >= 15 is 0 Å². The van der Waals surface area contributed by atoms with Crippen molar-refractivity contribution in [3.8, 4) is 0 Å². The second kappa shape index (κ2) is 5.03. The lowest BCUT2D eigenvalue weighted by Crippen LogP contribution is -2.23. The number of rotatable bonds is 5. The van der Waals surface area contributed by atoms with Crippen molar-refractivity contribution in [3.63, 3.8) is 0 Å². The summed E-state index contributed by atoms with van der Waals surface area (Å²) in [5.74, 6) is 0.407. The number of nitrogens with zero attached hydrogens (tertiary/aromatic N) is 1. The van der Waals surface area contributed by atoms with E-state index in [1.54, 1.807) is 12.1 Å². The fourth-order valence-electron chi connectivity index (χ4n) is 2.00. The van der Waals surface area contributed by atoms with Crippen molar-refractivity contribution < 1.29 is 14.8 Å². The molecule has 1 fully saturated rings. The largest absolute Gasteiger partial charge is 0.465 e. The van der Waals surface area contributed by atoms with E-state index in [0.29, 0.717) is 18.9 Å². The second-order valence-electron chi connectivity index (χ2n) is 4.40. The number of benzene rings is 1. The Hall–Kier alpha value is -2.11. The van der Waals surface area contributed by atoms with Crippen LogP contribution in [-0.4, -0.2) is 22.7 Å². The summed E-state index contributed by atoms with van der Waals surface area (Å²) in [6.45, 7) is 0.326. The summed E-state index contributed by atoms with van der Waals surface area (Å²) < 4.78 is 0. The fraction of sp³-hybridized carbons (Fsp3) is 0.417. The molecule has 0 unspecified atom stereocenters. The van der Waals surface area contributed by atoms with Crippen LogP contribution in [0.3, 0.4) is 0 Å². The Balaban J connectivity index is 2.13. The normalized spacial score (nSPS) is 14.2. The molecule has 1 aliphatic rings. The van der Waals surface area contributed by atoms with Gasteiger partial charge in [-0.2, -0.15) is 0 Å². The highest BCUT2D eigenvalue weighted by atomic mass is 16.6. The van der Waals surface area contributed by atoms with Gasteiger partial charge in [-0.15, -0.1) is 0 Å². The van der Waals surface area contributed by atoms with Gasteiger partial charge in [-0.3, -0.25) is 10.1 Å². The minimum Gasteiger partial charge on any atom is -0.465 e. The maximum Gasteiger partial charge on any atom is 0.404 e. The highest BCUT2D eigenvalue weighted by Crippen LogP contribution is 2.42. The molecule has 1 aromatic carbocycles. The van der Waals surface area contributed by atoms with Gasteiger partial charge in [-0.25, -0.2) is 4.79 Å². The average Bonchev–Trinajstić information content (AvgIpc) is 3.12. The number of amides is 1. The van der Waals surface area contributed by atoms with Crippen molar-refractivity contribution in [1.82, 2.24) is 5.32 Å². The summed E-state index contributed by atoms with van der Waals surface area (Å²) in [6.07, 6.45) is 1.63. The minimum atomic E-state index is -1.05. The summed E-state index contributed by atoms with van der Waals surface area (Å²) in [6, 6.07) is 4.82. The van der Waals surface area contributed by atoms with Gasteiger partial charge in [-0.1, -0.05) is 6.07 Å². The summed E-state index contributed by atoms with van der Waals surface area (Å²) in [7, 11) is 0. The lowest BCUT2D eigenvalue weighted by molar-refractivity contribution is -0.384. The highest BCUT2D eigenvalue weighted by Gasteiger charge is 2.27. The highest BCUT2D eigenvalue weighted by molar-refractivity contribution is 5.64. The smallest absolute Gasteiger partial charge is 0.404 e. The predicted octanol–water partition coefficient (Wildman–Crippen LogP) is 2.28. The molecule has 0 bridgehead atoms. The van der Waals surface area contributed by atoms with Crippen LogP contribution >= 0.6 is 0 Å². The molecule has 96 valence electrons. The van der Waals surface area contributed by atoms with Crippen LogP contribution in [0, 0.1) is 10.1 Å². The van der Waals surface area contributed by atoms with Crippen molar-refractivity contribution in [2.24, 2.45) is 0 Å². The van der Waals surface area contributed by atoms with Crippen molar-refractivity contribution >= 4 is 11.8 Å². The van der Waals surface area contributed by atoms with Crippen LogP contribution in [-0.2, 0) is 6.42 Å². The molecule has 1 aromatic rings. The summed E-state index contributed by atoms with van der Waals surface area (Å²) in [4.78, 5) is 20.7. The SMILES string of the molecule is O=C(O)NCCc1ccc([N+](=O)[O-])cc1C1CC1. The van der Waals surface area contributed by atoms with Crippen molar-refractivity contribution in [2.45, 2.75) is 25.2 Å². The molecule has 1 saturated carbocycles. The molecule has 0 aromatic heterocycles. The van der Waals surface area contributed by atoms with Gasteiger partial charge in [0.15, 0.2) is 0 Å². The minimum absolute atomic E-state index is 0.104. The van der Waals surface area contributed by atoms with Gasteiger partial charge in [0.25, 0.3) is 5.69 Å². The standard InChI is InChI=1S/C12H14N2O4/c15-12(16)13-6-5-9-3-4-10(14(17)18)7-11(9)8-1-2-8/h3-4,7-8,13H,1-2,5-6H2,(H,15,16). The Labute approximate surface area is 104 Å². The van der Waals surface area contributed by atoms with Crippen LogP contribution in [0.15, 0.2) is 18.2 Å². The third kappa shape index (κ3) is 2.97.